The van der Waals surface area contributed by atoms with Gasteiger partial charge in [0.25, 0.3) is 0 Å². The number of anilines is 1. The van der Waals surface area contributed by atoms with Crippen LogP contribution in [0.3, 0.4) is 0 Å². The molecule has 1 aromatic heterocycles. The van der Waals surface area contributed by atoms with Crippen molar-refractivity contribution in [2.24, 2.45) is 5.73 Å². The van der Waals surface area contributed by atoms with Crippen molar-refractivity contribution in [3.63, 3.8) is 0 Å². The number of hydrogen-bond acceptors (Lipinski definition) is 8. The van der Waals surface area contributed by atoms with Gasteiger partial charge in [0.1, 0.15) is 11.5 Å². The zero-order chi connectivity index (χ0) is 25.3. The Labute approximate surface area is 200 Å². The SMILES string of the molecule is COC(=O)C1=C(C(=O)OC)N(c2ccc3[nH]c(C)cc(=O)c3c2)C(N)=C(C#N)C1c1ccccc1. The number of allylic oxidation sites excluding steroid dienone is 1. The van der Waals surface area contributed by atoms with E-state index in [4.69, 9.17) is 15.2 Å². The van der Waals surface area contributed by atoms with Crippen LogP contribution in [0, 0.1) is 18.3 Å². The Hall–Kier alpha value is -4.84. The number of esters is 2. The largest absolute Gasteiger partial charge is 0.466 e. The predicted molar refractivity (Wildman–Crippen MR) is 129 cm³/mol. The van der Waals surface area contributed by atoms with E-state index in [-0.39, 0.29) is 28.1 Å². The van der Waals surface area contributed by atoms with Crippen molar-refractivity contribution < 1.29 is 19.1 Å². The van der Waals surface area contributed by atoms with Crippen molar-refractivity contribution in [2.75, 3.05) is 19.1 Å². The van der Waals surface area contributed by atoms with E-state index >= 15 is 0 Å². The number of nitrogens with zero attached hydrogens (tertiary/aromatic N) is 2. The molecule has 0 bridgehead atoms. The Morgan fingerprint density at radius 1 is 1.06 bits per heavy atom. The van der Waals surface area contributed by atoms with E-state index in [0.29, 0.717) is 27.8 Å². The lowest BCUT2D eigenvalue weighted by molar-refractivity contribution is -0.139. The first kappa shape index (κ1) is 23.3. The molecule has 0 saturated heterocycles. The molecule has 35 heavy (non-hydrogen) atoms. The number of aromatic amines is 1. The van der Waals surface area contributed by atoms with E-state index in [1.807, 2.05) is 0 Å². The third-order valence-corrected chi connectivity index (χ3v) is 5.82. The predicted octanol–water partition coefficient (Wildman–Crippen LogP) is 2.73. The van der Waals surface area contributed by atoms with E-state index in [0.717, 1.165) is 0 Å². The minimum atomic E-state index is -0.967. The number of fused-ring (bicyclic) bond motifs is 1. The maximum atomic E-state index is 13.1. The number of carbonyl (C=O) groups excluding carboxylic acids is 2. The van der Waals surface area contributed by atoms with Crippen molar-refractivity contribution in [3.05, 3.63) is 98.7 Å². The summed E-state index contributed by atoms with van der Waals surface area (Å²) in [4.78, 5) is 43.2. The van der Waals surface area contributed by atoms with Crippen LogP contribution in [-0.4, -0.2) is 31.1 Å². The summed E-state index contributed by atoms with van der Waals surface area (Å²) in [5.74, 6) is -2.72. The molecule has 9 nitrogen and oxygen atoms in total. The number of nitrogens with two attached hydrogens (primary N) is 1. The van der Waals surface area contributed by atoms with Crippen LogP contribution in [0.2, 0.25) is 0 Å². The monoisotopic (exact) mass is 470 g/mol. The molecule has 176 valence electrons. The summed E-state index contributed by atoms with van der Waals surface area (Å²) in [5.41, 5.74) is 8.13. The number of methoxy groups -OCH3 is 2. The lowest BCUT2D eigenvalue weighted by atomic mass is 9.81. The maximum absolute atomic E-state index is 13.1. The second-order valence-corrected chi connectivity index (χ2v) is 7.88. The van der Waals surface area contributed by atoms with E-state index in [2.05, 4.69) is 11.1 Å². The van der Waals surface area contributed by atoms with Gasteiger partial charge in [-0.3, -0.25) is 9.69 Å². The number of aryl methyl sites for hydroxylation is 1. The number of aromatic nitrogens is 1. The van der Waals surface area contributed by atoms with Crippen molar-refractivity contribution in [1.29, 1.82) is 5.26 Å². The number of rotatable bonds is 4. The van der Waals surface area contributed by atoms with Gasteiger partial charge < -0.3 is 20.2 Å². The van der Waals surface area contributed by atoms with Crippen molar-refractivity contribution in [2.45, 2.75) is 12.8 Å². The van der Waals surface area contributed by atoms with Gasteiger partial charge in [-0.15, -0.1) is 0 Å². The zero-order valence-electron chi connectivity index (χ0n) is 19.3. The molecule has 0 radical (unpaired) electrons. The summed E-state index contributed by atoms with van der Waals surface area (Å²) in [6.07, 6.45) is 0. The molecular weight excluding hydrogens is 448 g/mol. The lowest BCUT2D eigenvalue weighted by Crippen LogP contribution is -2.40. The number of ether oxygens (including phenoxy) is 2. The van der Waals surface area contributed by atoms with E-state index < -0.39 is 17.9 Å². The summed E-state index contributed by atoms with van der Waals surface area (Å²) < 4.78 is 10.0. The number of hydrogen-bond donors (Lipinski definition) is 2. The summed E-state index contributed by atoms with van der Waals surface area (Å²) in [5, 5.41) is 10.4. The minimum Gasteiger partial charge on any atom is -0.466 e. The van der Waals surface area contributed by atoms with E-state index in [9.17, 15) is 19.6 Å². The highest BCUT2D eigenvalue weighted by atomic mass is 16.5. The average Bonchev–Trinajstić information content (AvgIpc) is 2.87. The maximum Gasteiger partial charge on any atom is 0.355 e. The van der Waals surface area contributed by atoms with Crippen LogP contribution in [0.4, 0.5) is 5.69 Å². The smallest absolute Gasteiger partial charge is 0.355 e. The Balaban J connectivity index is 2.08. The number of nitrogens with one attached hydrogen (secondary N) is 1. The molecule has 1 aliphatic rings. The summed E-state index contributed by atoms with van der Waals surface area (Å²) >= 11 is 0. The molecule has 4 rings (SSSR count). The van der Waals surface area contributed by atoms with Gasteiger partial charge >= 0.3 is 11.9 Å². The second-order valence-electron chi connectivity index (χ2n) is 7.88. The first-order valence-corrected chi connectivity index (χ1v) is 10.6. The molecule has 0 aliphatic carbocycles. The number of nitriles is 1. The zero-order valence-corrected chi connectivity index (χ0v) is 19.3. The van der Waals surface area contributed by atoms with Crippen LogP contribution in [-0.2, 0) is 19.1 Å². The van der Waals surface area contributed by atoms with Crippen molar-refractivity contribution in [1.82, 2.24) is 4.98 Å². The average molecular weight is 470 g/mol. The molecule has 9 heteroatoms. The molecule has 3 aromatic rings. The van der Waals surface area contributed by atoms with Gasteiger partial charge in [-0.25, -0.2) is 9.59 Å². The third kappa shape index (κ3) is 3.91. The van der Waals surface area contributed by atoms with E-state index in [1.54, 1.807) is 49.4 Å². The van der Waals surface area contributed by atoms with Crippen LogP contribution in [0.5, 0.6) is 0 Å². The molecule has 2 aromatic carbocycles. The molecule has 0 amide bonds. The molecule has 1 aliphatic heterocycles. The van der Waals surface area contributed by atoms with Gasteiger partial charge in [0.2, 0.25) is 0 Å². The van der Waals surface area contributed by atoms with Crippen molar-refractivity contribution in [3.8, 4) is 6.07 Å². The summed E-state index contributed by atoms with van der Waals surface area (Å²) in [6.45, 7) is 1.77. The van der Waals surface area contributed by atoms with Gasteiger partial charge in [0, 0.05) is 28.4 Å². The van der Waals surface area contributed by atoms with Crippen LogP contribution in [0.15, 0.2) is 82.1 Å². The highest BCUT2D eigenvalue weighted by molar-refractivity contribution is 6.06. The van der Waals surface area contributed by atoms with Gasteiger partial charge in [0.05, 0.1) is 37.4 Å². The van der Waals surface area contributed by atoms with Gasteiger partial charge in [-0.2, -0.15) is 5.26 Å². The normalized spacial score (nSPS) is 15.7. The minimum absolute atomic E-state index is 0.0437. The molecule has 1 atom stereocenters. The molecular formula is C26H22N4O5. The fourth-order valence-electron chi connectivity index (χ4n) is 4.29. The van der Waals surface area contributed by atoms with Gasteiger partial charge in [-0.1, -0.05) is 30.3 Å². The van der Waals surface area contributed by atoms with E-state index in [1.165, 1.54) is 31.3 Å². The van der Waals surface area contributed by atoms with Crippen LogP contribution >= 0.6 is 0 Å². The quantitative estimate of drug-likeness (QED) is 0.555. The molecule has 1 unspecified atom stereocenters. The number of carbonyl (C=O) groups is 2. The number of H-pyrrole nitrogens is 1. The molecule has 0 fully saturated rings. The molecule has 0 saturated carbocycles. The van der Waals surface area contributed by atoms with Crippen LogP contribution in [0.1, 0.15) is 17.2 Å². The molecule has 3 N–H and O–H groups in total. The fraction of sp³-hybridized carbons (Fsp3) is 0.154. The third-order valence-electron chi connectivity index (χ3n) is 5.82. The van der Waals surface area contributed by atoms with Gasteiger partial charge in [0.15, 0.2) is 5.43 Å². The Bertz CT molecular complexity index is 1510. The lowest BCUT2D eigenvalue weighted by Gasteiger charge is -2.36. The highest BCUT2D eigenvalue weighted by Crippen LogP contribution is 2.43. The molecule has 2 heterocycles. The first-order chi connectivity index (χ1) is 16.8. The Morgan fingerprint density at radius 2 is 1.74 bits per heavy atom. The Morgan fingerprint density at radius 3 is 2.37 bits per heavy atom. The van der Waals surface area contributed by atoms with Crippen LogP contribution in [0.25, 0.3) is 10.9 Å². The van der Waals surface area contributed by atoms with Crippen molar-refractivity contribution >= 4 is 28.5 Å². The van der Waals surface area contributed by atoms with Gasteiger partial charge in [-0.05, 0) is 30.7 Å². The summed E-state index contributed by atoms with van der Waals surface area (Å²) in [7, 11) is 2.36. The standard InChI is InChI=1S/C26H22N4O5/c1-14-11-20(31)17-12-16(9-10-19(17)29-14)30-23(26(33)35-3)22(25(32)34-2)21(18(13-27)24(30)28)15-7-5-4-6-8-15/h4-12,21H,28H2,1-3H3,(H,29,31). The fourth-order valence-corrected chi connectivity index (χ4v) is 4.29. The number of benzene rings is 2. The van der Waals surface area contributed by atoms with Crippen LogP contribution < -0.4 is 16.1 Å². The Kier molecular flexibility index (Phi) is 6.12. The number of pyridine rings is 1. The summed E-state index contributed by atoms with van der Waals surface area (Å²) in [6, 6.07) is 17.1. The first-order valence-electron chi connectivity index (χ1n) is 10.6. The molecule has 0 spiro atoms. The second kappa shape index (κ2) is 9.19. The topological polar surface area (TPSA) is 139 Å². The highest BCUT2D eigenvalue weighted by Gasteiger charge is 2.43.